The maximum Gasteiger partial charge on any atom is 0.216 e. The van der Waals surface area contributed by atoms with Crippen LogP contribution in [0.15, 0.2) is 29.1 Å². The van der Waals surface area contributed by atoms with Crippen molar-refractivity contribution in [2.45, 2.75) is 50.9 Å². The van der Waals surface area contributed by atoms with Crippen molar-refractivity contribution in [1.29, 1.82) is 0 Å². The van der Waals surface area contributed by atoms with E-state index in [2.05, 4.69) is 48.5 Å². The van der Waals surface area contributed by atoms with E-state index in [0.29, 0.717) is 5.41 Å². The van der Waals surface area contributed by atoms with Gasteiger partial charge in [-0.15, -0.1) is 11.3 Å². The smallest absolute Gasteiger partial charge is 0.216 e. The van der Waals surface area contributed by atoms with Gasteiger partial charge in [0.05, 0.1) is 33.6 Å². The minimum Gasteiger partial charge on any atom is -0.454 e. The molecule has 4 aromatic heterocycles. The van der Waals surface area contributed by atoms with Crippen LogP contribution in [0.4, 0.5) is 0 Å². The molecule has 9 rings (SSSR count). The minimum atomic E-state index is 0.312. The van der Waals surface area contributed by atoms with E-state index in [-0.39, 0.29) is 0 Å². The molecule has 0 spiro atoms. The number of rotatable bonds is 1. The zero-order chi connectivity index (χ0) is 21.4. The van der Waals surface area contributed by atoms with E-state index in [9.17, 15) is 0 Å². The second kappa shape index (κ2) is 5.74. The number of fused-ring (bicyclic) bond motifs is 3. The van der Waals surface area contributed by atoms with Crippen molar-refractivity contribution in [2.24, 2.45) is 31.8 Å². The van der Waals surface area contributed by atoms with Crippen molar-refractivity contribution in [2.75, 3.05) is 0 Å². The standard InChI is InChI=1S/C27H28N3OS/c1-14-18-4-5-29(2)19(18)9-20-21(14)23-22-24(31-20)25(32-26(22)28-13-30(23)3)27-10-15-6-16(11-27)8-17(7-15)12-27/h4-5,9,13,15-17H,6-8,10-12H2,1-3H3/q+1. The molecule has 0 atom stereocenters. The molecule has 5 heteroatoms. The number of nitrogens with zero attached hydrogens (tertiary/aromatic N) is 3. The Hall–Kier alpha value is -2.40. The fourth-order valence-electron chi connectivity index (χ4n) is 8.25. The van der Waals surface area contributed by atoms with Gasteiger partial charge >= 0.3 is 0 Å². The van der Waals surface area contributed by atoms with Gasteiger partial charge in [-0.05, 0) is 68.8 Å². The fourth-order valence-corrected chi connectivity index (χ4v) is 9.54. The van der Waals surface area contributed by atoms with Gasteiger partial charge in [-0.25, -0.2) is 9.55 Å². The van der Waals surface area contributed by atoms with Crippen LogP contribution >= 0.6 is 11.3 Å². The third kappa shape index (κ3) is 2.09. The lowest BCUT2D eigenvalue weighted by Crippen LogP contribution is -2.48. The first-order valence-corrected chi connectivity index (χ1v) is 12.9. The van der Waals surface area contributed by atoms with E-state index < -0.39 is 0 Å². The van der Waals surface area contributed by atoms with Gasteiger partial charge in [0.2, 0.25) is 5.52 Å². The highest BCUT2D eigenvalue weighted by atomic mass is 32.1. The Kier molecular flexibility index (Phi) is 3.24. The van der Waals surface area contributed by atoms with Crippen molar-refractivity contribution in [3.05, 3.63) is 35.1 Å². The molecule has 0 radical (unpaired) electrons. The predicted octanol–water partition coefficient (Wildman–Crippen LogP) is 6.29. The number of thiophene rings is 1. The highest BCUT2D eigenvalue weighted by Gasteiger charge is 2.53. The first kappa shape index (κ1) is 18.1. The molecule has 1 aromatic carbocycles. The van der Waals surface area contributed by atoms with Gasteiger partial charge in [0.1, 0.15) is 17.5 Å². The molecule has 0 saturated heterocycles. The Morgan fingerprint density at radius 3 is 2.56 bits per heavy atom. The van der Waals surface area contributed by atoms with Gasteiger partial charge in [0.15, 0.2) is 11.8 Å². The maximum absolute atomic E-state index is 6.92. The quantitative estimate of drug-likeness (QED) is 0.226. The molecule has 0 aliphatic heterocycles. The maximum atomic E-state index is 6.92. The van der Waals surface area contributed by atoms with Crippen molar-refractivity contribution in [3.63, 3.8) is 0 Å². The summed E-state index contributed by atoms with van der Waals surface area (Å²) in [5.41, 5.74) is 6.27. The van der Waals surface area contributed by atoms with Crippen LogP contribution in [0.1, 0.15) is 49.0 Å². The summed E-state index contributed by atoms with van der Waals surface area (Å²) in [5.74, 6) is 2.76. The van der Waals surface area contributed by atoms with Gasteiger partial charge in [0, 0.05) is 23.9 Å². The number of benzene rings is 1. The van der Waals surface area contributed by atoms with E-state index in [0.717, 1.165) is 33.8 Å². The Balaban J connectivity index is 1.52. The van der Waals surface area contributed by atoms with Crippen LogP contribution in [-0.4, -0.2) is 9.55 Å². The van der Waals surface area contributed by atoms with Gasteiger partial charge in [-0.1, -0.05) is 0 Å². The zero-order valence-corrected chi connectivity index (χ0v) is 19.8. The molecule has 4 fully saturated rings. The first-order valence-electron chi connectivity index (χ1n) is 12.1. The normalized spacial score (nSPS) is 29.4. The average molecular weight is 443 g/mol. The Labute approximate surface area is 190 Å². The summed E-state index contributed by atoms with van der Waals surface area (Å²) in [6, 6.07) is 4.49. The summed E-state index contributed by atoms with van der Waals surface area (Å²) in [7, 11) is 4.26. The molecular weight excluding hydrogens is 414 g/mol. The first-order chi connectivity index (χ1) is 15.5. The topological polar surface area (TPSA) is 34.8 Å². The molecule has 5 aromatic rings. The highest BCUT2D eigenvalue weighted by molar-refractivity contribution is 7.19. The predicted molar refractivity (Wildman–Crippen MR) is 129 cm³/mol. The monoisotopic (exact) mass is 442 g/mol. The van der Waals surface area contributed by atoms with Crippen molar-refractivity contribution >= 4 is 54.5 Å². The number of hydrogen-bond donors (Lipinski definition) is 0. The minimum absolute atomic E-state index is 0.312. The molecule has 4 bridgehead atoms. The van der Waals surface area contributed by atoms with E-state index in [4.69, 9.17) is 9.40 Å². The number of hydrogen-bond acceptors (Lipinski definition) is 3. The van der Waals surface area contributed by atoms with Crippen LogP contribution in [0.5, 0.6) is 0 Å². The molecule has 0 N–H and O–H groups in total. The van der Waals surface area contributed by atoms with Gasteiger partial charge in [-0.3, -0.25) is 0 Å². The van der Waals surface area contributed by atoms with E-state index in [1.807, 2.05) is 17.7 Å². The third-order valence-corrected chi connectivity index (χ3v) is 10.5. The largest absolute Gasteiger partial charge is 0.454 e. The second-order valence-electron chi connectivity index (χ2n) is 11.2. The summed E-state index contributed by atoms with van der Waals surface area (Å²) in [4.78, 5) is 7.55. The molecule has 0 unspecified atom stereocenters. The molecule has 4 heterocycles. The summed E-state index contributed by atoms with van der Waals surface area (Å²) >= 11 is 1.93. The summed E-state index contributed by atoms with van der Waals surface area (Å²) in [6.45, 7) is 2.24. The lowest BCUT2D eigenvalue weighted by atomic mass is 9.49. The molecular formula is C27H28N3OS+. The molecule has 4 saturated carbocycles. The Morgan fingerprint density at radius 1 is 1.12 bits per heavy atom. The van der Waals surface area contributed by atoms with E-state index >= 15 is 0 Å². The highest BCUT2D eigenvalue weighted by Crippen LogP contribution is 2.63. The van der Waals surface area contributed by atoms with Crippen LogP contribution in [0, 0.1) is 24.7 Å². The molecule has 32 heavy (non-hydrogen) atoms. The fraction of sp³-hybridized carbons (Fsp3) is 0.481. The van der Waals surface area contributed by atoms with Crippen LogP contribution < -0.4 is 4.57 Å². The van der Waals surface area contributed by atoms with E-state index in [1.54, 1.807) is 0 Å². The van der Waals surface area contributed by atoms with Crippen LogP contribution in [-0.2, 0) is 19.5 Å². The zero-order valence-electron chi connectivity index (χ0n) is 18.9. The summed E-state index contributed by atoms with van der Waals surface area (Å²) < 4.78 is 11.3. The van der Waals surface area contributed by atoms with Crippen molar-refractivity contribution in [3.8, 4) is 0 Å². The average Bonchev–Trinajstić information content (AvgIpc) is 3.31. The van der Waals surface area contributed by atoms with Gasteiger partial charge in [-0.2, -0.15) is 0 Å². The lowest BCUT2D eigenvalue weighted by Gasteiger charge is -2.56. The van der Waals surface area contributed by atoms with Crippen LogP contribution in [0.25, 0.3) is 43.2 Å². The summed E-state index contributed by atoms with van der Waals surface area (Å²) in [6.07, 6.45) is 12.6. The Morgan fingerprint density at radius 2 is 1.84 bits per heavy atom. The molecule has 4 aliphatic rings. The number of aromatic nitrogens is 3. The van der Waals surface area contributed by atoms with Crippen molar-refractivity contribution < 1.29 is 8.98 Å². The van der Waals surface area contributed by atoms with Gasteiger partial charge in [0.25, 0.3) is 0 Å². The van der Waals surface area contributed by atoms with Crippen molar-refractivity contribution in [1.82, 2.24) is 9.55 Å². The van der Waals surface area contributed by atoms with Gasteiger partial charge < -0.3 is 8.98 Å². The van der Waals surface area contributed by atoms with Crippen LogP contribution in [0.3, 0.4) is 0 Å². The molecule has 4 aliphatic carbocycles. The Bertz CT molecular complexity index is 1560. The molecule has 162 valence electrons. The third-order valence-electron chi connectivity index (χ3n) is 9.17. The SMILES string of the molecule is Cc1c2cc[n+](C)c2cc2oc3c(C45CC6CC(CC(C6)C4)C5)sc4ncn(C)c(c12)c43. The summed E-state index contributed by atoms with van der Waals surface area (Å²) in [5, 5.41) is 3.79. The lowest BCUT2D eigenvalue weighted by molar-refractivity contribution is -0.642. The molecule has 0 amide bonds. The van der Waals surface area contributed by atoms with E-state index in [1.165, 1.54) is 76.2 Å². The second-order valence-corrected chi connectivity index (χ2v) is 12.2. The molecule has 4 nitrogen and oxygen atoms in total. The van der Waals surface area contributed by atoms with Crippen LogP contribution in [0.2, 0.25) is 0 Å². The number of aryl methyl sites for hydroxylation is 3.